The number of hydrogen-bond donors (Lipinski definition) is 3. The first-order chi connectivity index (χ1) is 8.17. The van der Waals surface area contributed by atoms with Gasteiger partial charge in [-0.25, -0.2) is 9.59 Å². The van der Waals surface area contributed by atoms with Crippen molar-refractivity contribution in [2.24, 2.45) is 0 Å². The van der Waals surface area contributed by atoms with E-state index in [-0.39, 0.29) is 0 Å². The van der Waals surface area contributed by atoms with E-state index in [1.54, 1.807) is 20.8 Å². The molecule has 0 heterocycles. The number of alkyl carbamates (subject to hydrolysis) is 1. The summed E-state index contributed by atoms with van der Waals surface area (Å²) < 4.78 is 5.02. The second kappa shape index (κ2) is 7.20. The molecule has 1 amide bonds. The highest BCUT2D eigenvalue weighted by Gasteiger charge is 2.28. The first-order valence-corrected chi connectivity index (χ1v) is 6.07. The second-order valence-electron chi connectivity index (χ2n) is 5.18. The minimum absolute atomic E-state index is 0.392. The molecule has 18 heavy (non-hydrogen) atoms. The molecular formula is C12H23NO5. The molecule has 3 N–H and O–H groups in total. The van der Waals surface area contributed by atoms with Crippen LogP contribution in [0.3, 0.4) is 0 Å². The fraction of sp³-hybridized carbons (Fsp3) is 0.833. The summed E-state index contributed by atoms with van der Waals surface area (Å²) in [6.07, 6.45) is -0.389. The molecule has 0 aliphatic carbocycles. The molecule has 0 bridgehead atoms. The Morgan fingerprint density at radius 2 is 1.89 bits per heavy atom. The average molecular weight is 261 g/mol. The fourth-order valence-electron chi connectivity index (χ4n) is 1.36. The van der Waals surface area contributed by atoms with Crippen LogP contribution in [0.25, 0.3) is 0 Å². The standard InChI is InChI=1S/C12H23NO5/c1-5-6-7-8(9(14)10(15)16)13-11(17)18-12(2,3)4/h8-9,14H,5-7H2,1-4H3,(H,13,17)(H,15,16)/t8-,9-/m1/s1. The summed E-state index contributed by atoms with van der Waals surface area (Å²) in [7, 11) is 0. The first-order valence-electron chi connectivity index (χ1n) is 6.07. The first kappa shape index (κ1) is 16.7. The molecule has 0 aliphatic rings. The molecule has 6 nitrogen and oxygen atoms in total. The Morgan fingerprint density at radius 1 is 1.33 bits per heavy atom. The number of ether oxygens (including phenoxy) is 1. The summed E-state index contributed by atoms with van der Waals surface area (Å²) in [4.78, 5) is 22.3. The van der Waals surface area contributed by atoms with Gasteiger partial charge in [0.1, 0.15) is 5.60 Å². The summed E-state index contributed by atoms with van der Waals surface area (Å²) >= 11 is 0. The molecule has 0 unspecified atom stereocenters. The zero-order chi connectivity index (χ0) is 14.3. The Hall–Kier alpha value is -1.30. The van der Waals surface area contributed by atoms with Gasteiger partial charge in [0.25, 0.3) is 0 Å². The Bertz CT molecular complexity index is 285. The van der Waals surface area contributed by atoms with Gasteiger partial charge < -0.3 is 20.3 Å². The van der Waals surface area contributed by atoms with Crippen molar-refractivity contribution in [3.63, 3.8) is 0 Å². The van der Waals surface area contributed by atoms with Gasteiger partial charge in [-0.1, -0.05) is 19.8 Å². The number of amides is 1. The third-order valence-electron chi connectivity index (χ3n) is 2.20. The molecule has 106 valence electrons. The van der Waals surface area contributed by atoms with Crippen molar-refractivity contribution < 1.29 is 24.5 Å². The van der Waals surface area contributed by atoms with Crippen molar-refractivity contribution in [2.45, 2.75) is 64.7 Å². The molecule has 0 radical (unpaired) electrons. The lowest BCUT2D eigenvalue weighted by molar-refractivity contribution is -0.148. The number of nitrogens with one attached hydrogen (secondary N) is 1. The zero-order valence-corrected chi connectivity index (χ0v) is 11.4. The van der Waals surface area contributed by atoms with Gasteiger partial charge in [-0.3, -0.25) is 0 Å². The maximum absolute atomic E-state index is 11.5. The number of aliphatic hydroxyl groups is 1. The smallest absolute Gasteiger partial charge is 0.407 e. The second-order valence-corrected chi connectivity index (χ2v) is 5.18. The van der Waals surface area contributed by atoms with Crippen molar-refractivity contribution in [3.05, 3.63) is 0 Å². The Labute approximate surface area is 107 Å². The molecule has 6 heteroatoms. The van der Waals surface area contributed by atoms with Crippen molar-refractivity contribution in [1.82, 2.24) is 5.32 Å². The Balaban J connectivity index is 4.49. The third kappa shape index (κ3) is 7.11. The van der Waals surface area contributed by atoms with Crippen LogP contribution >= 0.6 is 0 Å². The van der Waals surface area contributed by atoms with Gasteiger partial charge in [0.05, 0.1) is 6.04 Å². The number of carboxylic acid groups (broad SMARTS) is 1. The highest BCUT2D eigenvalue weighted by Crippen LogP contribution is 2.10. The molecule has 0 spiro atoms. The summed E-state index contributed by atoms with van der Waals surface area (Å²) in [5.74, 6) is -1.35. The van der Waals surface area contributed by atoms with E-state index in [1.807, 2.05) is 6.92 Å². The Morgan fingerprint density at radius 3 is 2.28 bits per heavy atom. The molecule has 0 aromatic heterocycles. The number of aliphatic carboxylic acids is 1. The van der Waals surface area contributed by atoms with Crippen LogP contribution in [0.1, 0.15) is 47.0 Å². The molecular weight excluding hydrogens is 238 g/mol. The molecule has 0 rings (SSSR count). The van der Waals surface area contributed by atoms with Crippen LogP contribution in [-0.2, 0) is 9.53 Å². The van der Waals surface area contributed by atoms with E-state index in [0.29, 0.717) is 12.8 Å². The molecule has 0 fully saturated rings. The van der Waals surface area contributed by atoms with Crippen LogP contribution in [0.2, 0.25) is 0 Å². The van der Waals surface area contributed by atoms with Gasteiger partial charge >= 0.3 is 12.1 Å². The fourth-order valence-corrected chi connectivity index (χ4v) is 1.36. The van der Waals surface area contributed by atoms with Gasteiger partial charge in [-0.2, -0.15) is 0 Å². The highest BCUT2D eigenvalue weighted by atomic mass is 16.6. The van der Waals surface area contributed by atoms with E-state index in [1.165, 1.54) is 0 Å². The number of carboxylic acids is 1. The lowest BCUT2D eigenvalue weighted by Gasteiger charge is -2.25. The van der Waals surface area contributed by atoms with Crippen LogP contribution in [-0.4, -0.2) is 40.0 Å². The number of aliphatic hydroxyl groups excluding tert-OH is 1. The van der Waals surface area contributed by atoms with Crippen LogP contribution in [0.4, 0.5) is 4.79 Å². The minimum Gasteiger partial charge on any atom is -0.479 e. The predicted molar refractivity (Wildman–Crippen MR) is 66.3 cm³/mol. The van der Waals surface area contributed by atoms with Crippen LogP contribution in [0.5, 0.6) is 0 Å². The zero-order valence-electron chi connectivity index (χ0n) is 11.4. The minimum atomic E-state index is -1.62. The highest BCUT2D eigenvalue weighted by molar-refractivity contribution is 5.75. The monoisotopic (exact) mass is 261 g/mol. The number of carbonyl (C=O) groups is 2. The van der Waals surface area contributed by atoms with Gasteiger partial charge in [-0.15, -0.1) is 0 Å². The van der Waals surface area contributed by atoms with Crippen molar-refractivity contribution in [1.29, 1.82) is 0 Å². The molecule has 2 atom stereocenters. The van der Waals surface area contributed by atoms with Crippen molar-refractivity contribution in [2.75, 3.05) is 0 Å². The van der Waals surface area contributed by atoms with E-state index < -0.39 is 29.8 Å². The van der Waals surface area contributed by atoms with E-state index in [0.717, 1.165) is 6.42 Å². The lowest BCUT2D eigenvalue weighted by Crippen LogP contribution is -2.48. The molecule has 0 saturated carbocycles. The largest absolute Gasteiger partial charge is 0.479 e. The van der Waals surface area contributed by atoms with Crippen LogP contribution in [0.15, 0.2) is 0 Å². The summed E-state index contributed by atoms with van der Waals surface area (Å²) in [6, 6.07) is -0.836. The quantitative estimate of drug-likeness (QED) is 0.673. The van der Waals surface area contributed by atoms with E-state index in [2.05, 4.69) is 5.32 Å². The van der Waals surface area contributed by atoms with Gasteiger partial charge in [0.2, 0.25) is 0 Å². The average Bonchev–Trinajstić information content (AvgIpc) is 2.20. The number of rotatable bonds is 6. The summed E-state index contributed by atoms with van der Waals surface area (Å²) in [5.41, 5.74) is -0.659. The SMILES string of the molecule is CCCC[C@@H](NC(=O)OC(C)(C)C)[C@@H](O)C(=O)O. The number of hydrogen-bond acceptors (Lipinski definition) is 4. The van der Waals surface area contributed by atoms with Gasteiger partial charge in [0, 0.05) is 0 Å². The number of carbonyl (C=O) groups excluding carboxylic acids is 1. The van der Waals surface area contributed by atoms with Crippen molar-refractivity contribution in [3.8, 4) is 0 Å². The number of unbranched alkanes of at least 4 members (excludes halogenated alkanes) is 1. The van der Waals surface area contributed by atoms with Gasteiger partial charge in [0.15, 0.2) is 6.10 Å². The maximum Gasteiger partial charge on any atom is 0.407 e. The normalized spacial score (nSPS) is 14.7. The predicted octanol–water partition coefficient (Wildman–Crippen LogP) is 1.52. The van der Waals surface area contributed by atoms with Crippen LogP contribution < -0.4 is 5.32 Å². The summed E-state index contributed by atoms with van der Waals surface area (Å²) in [6.45, 7) is 7.07. The summed E-state index contributed by atoms with van der Waals surface area (Å²) in [5, 5.41) is 20.6. The molecule has 0 aliphatic heterocycles. The van der Waals surface area contributed by atoms with Crippen LogP contribution in [0, 0.1) is 0 Å². The maximum atomic E-state index is 11.5. The van der Waals surface area contributed by atoms with E-state index in [4.69, 9.17) is 9.84 Å². The molecule has 0 saturated heterocycles. The van der Waals surface area contributed by atoms with E-state index in [9.17, 15) is 14.7 Å². The lowest BCUT2D eigenvalue weighted by atomic mass is 10.0. The van der Waals surface area contributed by atoms with Gasteiger partial charge in [-0.05, 0) is 27.2 Å². The topological polar surface area (TPSA) is 95.9 Å². The molecule has 0 aromatic carbocycles. The van der Waals surface area contributed by atoms with Crippen molar-refractivity contribution >= 4 is 12.1 Å². The Kier molecular flexibility index (Phi) is 6.68. The third-order valence-corrected chi connectivity index (χ3v) is 2.20. The van der Waals surface area contributed by atoms with E-state index >= 15 is 0 Å². The molecule has 0 aromatic rings.